The molecule has 2 aromatic rings. The van der Waals surface area contributed by atoms with Crippen molar-refractivity contribution in [3.63, 3.8) is 0 Å². The Bertz CT molecular complexity index is 491. The van der Waals surface area contributed by atoms with Crippen molar-refractivity contribution in [2.24, 2.45) is 0 Å². The van der Waals surface area contributed by atoms with E-state index in [0.29, 0.717) is 5.88 Å². The van der Waals surface area contributed by atoms with Gasteiger partial charge in [0.15, 0.2) is 0 Å². The number of aliphatic hydroxyl groups excluding tert-OH is 1. The fourth-order valence-corrected chi connectivity index (χ4v) is 1.81. The van der Waals surface area contributed by atoms with Gasteiger partial charge in [0, 0.05) is 17.8 Å². The van der Waals surface area contributed by atoms with Crippen molar-refractivity contribution in [3.8, 4) is 17.0 Å². The molecule has 18 heavy (non-hydrogen) atoms. The molecule has 0 aliphatic carbocycles. The van der Waals surface area contributed by atoms with Crippen LogP contribution in [0.5, 0.6) is 5.88 Å². The SMILES string of the molecule is CCC(O)c1ccc(-c2ccc(OC)nc2)cc1. The number of hydrogen-bond acceptors (Lipinski definition) is 3. The van der Waals surface area contributed by atoms with E-state index in [-0.39, 0.29) is 6.10 Å². The average molecular weight is 243 g/mol. The highest BCUT2D eigenvalue weighted by Gasteiger charge is 2.05. The van der Waals surface area contributed by atoms with Crippen LogP contribution >= 0.6 is 0 Å². The molecule has 2 rings (SSSR count). The number of benzene rings is 1. The van der Waals surface area contributed by atoms with Gasteiger partial charge in [0.25, 0.3) is 0 Å². The Morgan fingerprint density at radius 1 is 1.11 bits per heavy atom. The normalized spacial score (nSPS) is 12.2. The molecule has 3 heteroatoms. The van der Waals surface area contributed by atoms with Crippen molar-refractivity contribution >= 4 is 0 Å². The van der Waals surface area contributed by atoms with Gasteiger partial charge in [0.1, 0.15) is 0 Å². The minimum absolute atomic E-state index is 0.381. The lowest BCUT2D eigenvalue weighted by Gasteiger charge is -2.09. The van der Waals surface area contributed by atoms with Crippen LogP contribution in [0.4, 0.5) is 0 Å². The van der Waals surface area contributed by atoms with Crippen LogP contribution in [0.25, 0.3) is 11.1 Å². The summed E-state index contributed by atoms with van der Waals surface area (Å²) in [6.45, 7) is 1.96. The first-order valence-corrected chi connectivity index (χ1v) is 6.03. The van der Waals surface area contributed by atoms with Crippen LogP contribution in [0.1, 0.15) is 25.0 Å². The minimum atomic E-state index is -0.381. The Morgan fingerprint density at radius 3 is 2.28 bits per heavy atom. The molecule has 0 amide bonds. The van der Waals surface area contributed by atoms with Gasteiger partial charge in [0.2, 0.25) is 5.88 Å². The largest absolute Gasteiger partial charge is 0.481 e. The molecule has 0 aliphatic rings. The number of aliphatic hydroxyl groups is 1. The Balaban J connectivity index is 2.22. The maximum atomic E-state index is 9.73. The number of rotatable bonds is 4. The van der Waals surface area contributed by atoms with Crippen LogP contribution in [-0.4, -0.2) is 17.2 Å². The minimum Gasteiger partial charge on any atom is -0.481 e. The lowest BCUT2D eigenvalue weighted by atomic mass is 10.0. The molecule has 1 atom stereocenters. The summed E-state index contributed by atoms with van der Waals surface area (Å²) in [5.74, 6) is 0.608. The fraction of sp³-hybridized carbons (Fsp3) is 0.267. The number of hydrogen-bond donors (Lipinski definition) is 1. The number of methoxy groups -OCH3 is 1. The molecule has 1 heterocycles. The Morgan fingerprint density at radius 2 is 1.78 bits per heavy atom. The molecule has 0 fully saturated rings. The fourth-order valence-electron chi connectivity index (χ4n) is 1.81. The highest BCUT2D eigenvalue weighted by molar-refractivity contribution is 5.63. The van der Waals surface area contributed by atoms with Crippen LogP contribution in [0.15, 0.2) is 42.6 Å². The van der Waals surface area contributed by atoms with E-state index in [2.05, 4.69) is 4.98 Å². The third-order valence-corrected chi connectivity index (χ3v) is 2.96. The van der Waals surface area contributed by atoms with Crippen molar-refractivity contribution in [1.29, 1.82) is 0 Å². The van der Waals surface area contributed by atoms with Crippen LogP contribution in [0.3, 0.4) is 0 Å². The second-order valence-electron chi connectivity index (χ2n) is 4.14. The molecule has 94 valence electrons. The molecule has 0 spiro atoms. The predicted molar refractivity (Wildman–Crippen MR) is 71.5 cm³/mol. The molecule has 0 saturated carbocycles. The zero-order valence-corrected chi connectivity index (χ0v) is 10.6. The summed E-state index contributed by atoms with van der Waals surface area (Å²) in [5.41, 5.74) is 3.06. The summed E-state index contributed by atoms with van der Waals surface area (Å²) in [5, 5.41) is 9.73. The van der Waals surface area contributed by atoms with Crippen molar-refractivity contribution in [2.75, 3.05) is 7.11 Å². The van der Waals surface area contributed by atoms with E-state index >= 15 is 0 Å². The quantitative estimate of drug-likeness (QED) is 0.896. The number of ether oxygens (including phenoxy) is 1. The van der Waals surface area contributed by atoms with Crippen LogP contribution in [0.2, 0.25) is 0 Å². The monoisotopic (exact) mass is 243 g/mol. The highest BCUT2D eigenvalue weighted by atomic mass is 16.5. The summed E-state index contributed by atoms with van der Waals surface area (Å²) in [4.78, 5) is 4.18. The lowest BCUT2D eigenvalue weighted by molar-refractivity contribution is 0.173. The van der Waals surface area contributed by atoms with Gasteiger partial charge in [-0.2, -0.15) is 0 Å². The Kier molecular flexibility index (Phi) is 3.95. The van der Waals surface area contributed by atoms with Crippen molar-refractivity contribution in [1.82, 2.24) is 4.98 Å². The maximum absolute atomic E-state index is 9.73. The van der Waals surface area contributed by atoms with Gasteiger partial charge in [-0.25, -0.2) is 4.98 Å². The second kappa shape index (κ2) is 5.65. The Hall–Kier alpha value is -1.87. The zero-order chi connectivity index (χ0) is 13.0. The van der Waals surface area contributed by atoms with E-state index in [1.165, 1.54) is 0 Å². The average Bonchev–Trinajstić information content (AvgIpc) is 2.47. The summed E-state index contributed by atoms with van der Waals surface area (Å²) < 4.78 is 5.03. The van der Waals surface area contributed by atoms with E-state index in [4.69, 9.17) is 4.74 Å². The van der Waals surface area contributed by atoms with Gasteiger partial charge in [-0.3, -0.25) is 0 Å². The summed E-state index contributed by atoms with van der Waals surface area (Å²) in [6.07, 6.45) is 2.13. The van der Waals surface area contributed by atoms with E-state index in [0.717, 1.165) is 23.1 Å². The molecular weight excluding hydrogens is 226 g/mol. The summed E-state index contributed by atoms with van der Waals surface area (Å²) in [7, 11) is 1.60. The maximum Gasteiger partial charge on any atom is 0.212 e. The number of aromatic nitrogens is 1. The standard InChI is InChI=1S/C15H17NO2/c1-3-14(17)12-6-4-11(5-7-12)13-8-9-15(18-2)16-10-13/h4-10,14,17H,3H2,1-2H3. The second-order valence-corrected chi connectivity index (χ2v) is 4.14. The van der Waals surface area contributed by atoms with Gasteiger partial charge in [-0.1, -0.05) is 31.2 Å². The van der Waals surface area contributed by atoms with E-state index in [9.17, 15) is 5.11 Å². The first-order valence-electron chi connectivity index (χ1n) is 6.03. The third kappa shape index (κ3) is 2.68. The van der Waals surface area contributed by atoms with Crippen molar-refractivity contribution in [3.05, 3.63) is 48.2 Å². The van der Waals surface area contributed by atoms with Gasteiger partial charge in [0.05, 0.1) is 13.2 Å². The zero-order valence-electron chi connectivity index (χ0n) is 10.6. The van der Waals surface area contributed by atoms with Crippen molar-refractivity contribution in [2.45, 2.75) is 19.4 Å². The molecule has 1 unspecified atom stereocenters. The molecule has 0 bridgehead atoms. The van der Waals surface area contributed by atoms with Gasteiger partial charge in [-0.15, -0.1) is 0 Å². The molecule has 1 N–H and O–H groups in total. The van der Waals surface area contributed by atoms with Crippen molar-refractivity contribution < 1.29 is 9.84 Å². The third-order valence-electron chi connectivity index (χ3n) is 2.96. The molecule has 3 nitrogen and oxygen atoms in total. The first-order chi connectivity index (χ1) is 8.74. The van der Waals surface area contributed by atoms with Crippen LogP contribution < -0.4 is 4.74 Å². The highest BCUT2D eigenvalue weighted by Crippen LogP contribution is 2.23. The molecule has 1 aromatic heterocycles. The Labute approximate surface area is 107 Å². The predicted octanol–water partition coefficient (Wildman–Crippen LogP) is 3.20. The van der Waals surface area contributed by atoms with E-state index < -0.39 is 0 Å². The lowest BCUT2D eigenvalue weighted by Crippen LogP contribution is -1.94. The molecule has 0 saturated heterocycles. The summed E-state index contributed by atoms with van der Waals surface area (Å²) >= 11 is 0. The molecular formula is C15H17NO2. The molecule has 0 aliphatic heterocycles. The van der Waals surface area contributed by atoms with E-state index in [1.54, 1.807) is 13.3 Å². The first kappa shape index (κ1) is 12.6. The smallest absolute Gasteiger partial charge is 0.212 e. The number of pyridine rings is 1. The topological polar surface area (TPSA) is 42.4 Å². The van der Waals surface area contributed by atoms with Crippen LogP contribution in [-0.2, 0) is 0 Å². The van der Waals surface area contributed by atoms with Crippen LogP contribution in [0, 0.1) is 0 Å². The molecule has 0 radical (unpaired) electrons. The summed E-state index contributed by atoms with van der Waals surface area (Å²) in [6, 6.07) is 11.7. The number of nitrogens with zero attached hydrogens (tertiary/aromatic N) is 1. The van der Waals surface area contributed by atoms with E-state index in [1.807, 2.05) is 43.3 Å². The van der Waals surface area contributed by atoms with Gasteiger partial charge < -0.3 is 9.84 Å². The van der Waals surface area contributed by atoms with Gasteiger partial charge in [-0.05, 0) is 23.6 Å². The van der Waals surface area contributed by atoms with Gasteiger partial charge >= 0.3 is 0 Å². The molecule has 1 aromatic carbocycles.